The van der Waals surface area contributed by atoms with Gasteiger partial charge in [-0.15, -0.1) is 11.8 Å². The number of aromatic nitrogens is 2. The molecule has 174 valence electrons. The summed E-state index contributed by atoms with van der Waals surface area (Å²) in [6.45, 7) is 0. The second-order valence-electron chi connectivity index (χ2n) is 8.71. The summed E-state index contributed by atoms with van der Waals surface area (Å²) in [6, 6.07) is 15.8. The number of nitrogens with zero attached hydrogens (tertiary/aromatic N) is 2. The third-order valence-corrected chi connectivity index (χ3v) is 8.20. The summed E-state index contributed by atoms with van der Waals surface area (Å²) in [7, 11) is 3.24. The topological polar surface area (TPSA) is 77.4 Å². The maximum Gasteiger partial charge on any atom is 0.231 e. The minimum Gasteiger partial charge on any atom is -0.493 e. The largest absolute Gasteiger partial charge is 0.493 e. The summed E-state index contributed by atoms with van der Waals surface area (Å²) in [5, 5.41) is 11.9. The van der Waals surface area contributed by atoms with Gasteiger partial charge in [0.1, 0.15) is 6.17 Å². The summed E-state index contributed by atoms with van der Waals surface area (Å²) < 4.78 is 12.8. The van der Waals surface area contributed by atoms with Crippen molar-refractivity contribution in [3.63, 3.8) is 0 Å². The van der Waals surface area contributed by atoms with Crippen molar-refractivity contribution in [1.29, 1.82) is 0 Å². The maximum absolute atomic E-state index is 13.2. The van der Waals surface area contributed by atoms with Gasteiger partial charge in [0, 0.05) is 17.3 Å². The van der Waals surface area contributed by atoms with Crippen LogP contribution in [0.2, 0.25) is 0 Å². The van der Waals surface area contributed by atoms with Gasteiger partial charge in [0.25, 0.3) is 0 Å². The first-order valence-corrected chi connectivity index (χ1v) is 12.4. The lowest BCUT2D eigenvalue weighted by molar-refractivity contribution is -0.127. The van der Waals surface area contributed by atoms with Crippen molar-refractivity contribution in [3.8, 4) is 28.4 Å². The van der Waals surface area contributed by atoms with Gasteiger partial charge >= 0.3 is 0 Å². The highest BCUT2D eigenvalue weighted by atomic mass is 32.2. The van der Waals surface area contributed by atoms with Crippen molar-refractivity contribution < 1.29 is 14.3 Å². The number of hydrogen-bond donors (Lipinski definition) is 2. The smallest absolute Gasteiger partial charge is 0.231 e. The monoisotopic (exact) mass is 474 g/mol. The molecular formula is C26H26N4O3S. The van der Waals surface area contributed by atoms with Crippen LogP contribution in [0.4, 0.5) is 0 Å². The molecule has 0 spiro atoms. The first-order valence-electron chi connectivity index (χ1n) is 11.5. The molecule has 0 bridgehead atoms. The van der Waals surface area contributed by atoms with Gasteiger partial charge < -0.3 is 14.8 Å². The zero-order chi connectivity index (χ0) is 23.2. The second kappa shape index (κ2) is 8.52. The van der Waals surface area contributed by atoms with Gasteiger partial charge in [0.15, 0.2) is 11.5 Å². The molecule has 6 rings (SSSR count). The van der Waals surface area contributed by atoms with E-state index in [1.807, 2.05) is 71.2 Å². The van der Waals surface area contributed by atoms with E-state index in [-0.39, 0.29) is 23.4 Å². The third kappa shape index (κ3) is 3.49. The highest BCUT2D eigenvalue weighted by Gasteiger charge is 2.46. The van der Waals surface area contributed by atoms with Crippen LogP contribution < -0.4 is 20.1 Å². The molecular weight excluding hydrogens is 448 g/mol. The van der Waals surface area contributed by atoms with Gasteiger partial charge in [0.2, 0.25) is 5.91 Å². The summed E-state index contributed by atoms with van der Waals surface area (Å²) in [6.07, 6.45) is 4.94. The van der Waals surface area contributed by atoms with Gasteiger partial charge in [0.05, 0.1) is 36.9 Å². The number of amides is 1. The molecule has 34 heavy (non-hydrogen) atoms. The minimum absolute atomic E-state index is 0.0578. The molecule has 2 aliphatic heterocycles. The van der Waals surface area contributed by atoms with Gasteiger partial charge in [-0.3, -0.25) is 10.1 Å². The number of para-hydroxylation sites is 1. The fourth-order valence-corrected chi connectivity index (χ4v) is 6.74. The van der Waals surface area contributed by atoms with E-state index < -0.39 is 0 Å². The first-order chi connectivity index (χ1) is 16.7. The van der Waals surface area contributed by atoms with Gasteiger partial charge in [-0.05, 0) is 60.1 Å². The van der Waals surface area contributed by atoms with Crippen LogP contribution in [0.15, 0.2) is 65.2 Å². The Balaban J connectivity index is 1.41. The Hall–Kier alpha value is -3.23. The van der Waals surface area contributed by atoms with Crippen molar-refractivity contribution in [2.75, 3.05) is 14.2 Å². The molecule has 2 aromatic carbocycles. The molecule has 3 aromatic rings. The van der Waals surface area contributed by atoms with Crippen LogP contribution in [0.1, 0.15) is 31.0 Å². The number of ether oxygens (including phenoxy) is 2. The highest BCUT2D eigenvalue weighted by molar-refractivity contribution is 8.04. The third-order valence-electron chi connectivity index (χ3n) is 6.79. The molecule has 1 amide bonds. The normalized spacial score (nSPS) is 23.5. The summed E-state index contributed by atoms with van der Waals surface area (Å²) in [5.41, 5.74) is 4.87. The molecule has 7 nitrogen and oxygen atoms in total. The lowest BCUT2D eigenvalue weighted by Gasteiger charge is -2.34. The zero-order valence-corrected chi connectivity index (χ0v) is 19.9. The molecule has 1 fully saturated rings. The van der Waals surface area contributed by atoms with Crippen molar-refractivity contribution in [1.82, 2.24) is 20.4 Å². The average Bonchev–Trinajstić information content (AvgIpc) is 3.58. The molecule has 1 aromatic heterocycles. The number of allylic oxidation sites excluding steroid dienone is 1. The molecule has 1 aliphatic carbocycles. The first kappa shape index (κ1) is 21.3. The summed E-state index contributed by atoms with van der Waals surface area (Å²) in [5.74, 6) is 1.31. The van der Waals surface area contributed by atoms with Crippen molar-refractivity contribution in [2.24, 2.45) is 5.92 Å². The van der Waals surface area contributed by atoms with Crippen molar-refractivity contribution >= 4 is 17.7 Å². The van der Waals surface area contributed by atoms with Crippen LogP contribution in [0, 0.1) is 5.92 Å². The van der Waals surface area contributed by atoms with E-state index in [9.17, 15) is 4.79 Å². The average molecular weight is 475 g/mol. The SMILES string of the molecule is COc1ccc(-c2nn(-c3ccccc3)cc2C2NC(=O)C3C4=C(CCC4)SC3N2)cc1OC. The van der Waals surface area contributed by atoms with E-state index in [4.69, 9.17) is 14.6 Å². The van der Waals surface area contributed by atoms with Crippen LogP contribution in [0.5, 0.6) is 11.5 Å². The maximum atomic E-state index is 13.2. The molecule has 3 heterocycles. The number of fused-ring (bicyclic) bond motifs is 2. The molecule has 0 radical (unpaired) electrons. The standard InChI is InChI=1S/C26H26N4O3S/c1-32-19-12-11-15(13-20(19)33-2)23-18(14-30(29-23)16-7-4-3-5-8-16)24-27-25(31)22-17-9-6-10-21(17)34-26(22)28-24/h3-5,7-8,11-14,22,24,26,28H,6,9-10H2,1-2H3,(H,27,31). The number of carbonyl (C=O) groups is 1. The summed E-state index contributed by atoms with van der Waals surface area (Å²) in [4.78, 5) is 14.6. The number of carbonyl (C=O) groups excluding carboxylic acids is 1. The van der Waals surface area contributed by atoms with Crippen molar-refractivity contribution in [3.05, 3.63) is 70.8 Å². The van der Waals surface area contributed by atoms with E-state index in [0.717, 1.165) is 41.8 Å². The van der Waals surface area contributed by atoms with Gasteiger partial charge in [-0.1, -0.05) is 18.2 Å². The molecule has 8 heteroatoms. The molecule has 0 saturated carbocycles. The number of hydrogen-bond acceptors (Lipinski definition) is 6. The quantitative estimate of drug-likeness (QED) is 0.571. The number of methoxy groups -OCH3 is 2. The molecule has 1 saturated heterocycles. The minimum atomic E-state index is -0.346. The van der Waals surface area contributed by atoms with Gasteiger partial charge in [-0.25, -0.2) is 4.68 Å². The second-order valence-corrected chi connectivity index (χ2v) is 9.95. The van der Waals surface area contributed by atoms with Crippen molar-refractivity contribution in [2.45, 2.75) is 30.8 Å². The lowest BCUT2D eigenvalue weighted by Crippen LogP contribution is -2.54. The Morgan fingerprint density at radius 1 is 1.06 bits per heavy atom. The highest BCUT2D eigenvalue weighted by Crippen LogP contribution is 2.51. The van der Waals surface area contributed by atoms with Crippen LogP contribution in [0.25, 0.3) is 16.9 Å². The van der Waals surface area contributed by atoms with Crippen LogP contribution in [-0.4, -0.2) is 35.3 Å². The van der Waals surface area contributed by atoms with Crippen LogP contribution in [-0.2, 0) is 4.79 Å². The van der Waals surface area contributed by atoms with E-state index in [0.29, 0.717) is 11.5 Å². The number of rotatable bonds is 5. The number of nitrogens with one attached hydrogen (secondary N) is 2. The molecule has 3 unspecified atom stereocenters. The van der Waals surface area contributed by atoms with E-state index in [1.54, 1.807) is 14.2 Å². The van der Waals surface area contributed by atoms with E-state index in [2.05, 4.69) is 10.6 Å². The predicted octanol–water partition coefficient (Wildman–Crippen LogP) is 4.40. The van der Waals surface area contributed by atoms with E-state index >= 15 is 0 Å². The Labute approximate surface area is 202 Å². The summed E-state index contributed by atoms with van der Waals surface area (Å²) >= 11 is 1.83. The molecule has 2 N–H and O–H groups in total. The lowest BCUT2D eigenvalue weighted by atomic mass is 9.94. The van der Waals surface area contributed by atoms with Gasteiger partial charge in [-0.2, -0.15) is 5.10 Å². The fourth-order valence-electron chi connectivity index (χ4n) is 5.16. The Kier molecular flexibility index (Phi) is 5.34. The fraction of sp³-hybridized carbons (Fsp3) is 0.308. The zero-order valence-electron chi connectivity index (χ0n) is 19.1. The number of benzene rings is 2. The Bertz CT molecular complexity index is 1290. The Morgan fingerprint density at radius 2 is 1.88 bits per heavy atom. The van der Waals surface area contributed by atoms with E-state index in [1.165, 1.54) is 10.5 Å². The van der Waals surface area contributed by atoms with Crippen LogP contribution in [0.3, 0.4) is 0 Å². The Morgan fingerprint density at radius 3 is 2.68 bits per heavy atom. The number of thioether (sulfide) groups is 1. The molecule has 3 atom stereocenters. The predicted molar refractivity (Wildman–Crippen MR) is 132 cm³/mol. The van der Waals surface area contributed by atoms with Crippen LogP contribution >= 0.6 is 11.8 Å². The molecule has 3 aliphatic rings.